The molecule has 0 unspecified atom stereocenters. The maximum atomic E-state index is 14.3. The van der Waals surface area contributed by atoms with Crippen LogP contribution in [0.5, 0.6) is 0 Å². The van der Waals surface area contributed by atoms with Crippen molar-refractivity contribution in [3.05, 3.63) is 217 Å². The first-order valence-electron chi connectivity index (χ1n) is 23.5. The fraction of sp³-hybridized carbons (Fsp3) is 0.0847. The molecule has 0 radical (unpaired) electrons. The van der Waals surface area contributed by atoms with E-state index in [1.54, 1.807) is 16.7 Å². The summed E-state index contributed by atoms with van der Waals surface area (Å²) in [5.41, 5.74) is 9.62. The van der Waals surface area contributed by atoms with E-state index in [2.05, 4.69) is 49.2 Å². The van der Waals surface area contributed by atoms with Gasteiger partial charge >= 0.3 is 27.2 Å². The number of hydrogen-bond donors (Lipinski definition) is 0. The van der Waals surface area contributed by atoms with Crippen molar-refractivity contribution in [1.82, 2.24) is 24.1 Å². The molecule has 5 nitrogen and oxygen atoms in total. The van der Waals surface area contributed by atoms with Gasteiger partial charge in [-0.15, -0.1) is 34.8 Å². The van der Waals surface area contributed by atoms with Crippen LogP contribution in [-0.2, 0) is 32.7 Å². The molecule has 0 N–H and O–H groups in total. The van der Waals surface area contributed by atoms with E-state index >= 15 is 0 Å². The van der Waals surface area contributed by atoms with E-state index in [-0.39, 0.29) is 32.4 Å². The largest absolute Gasteiger partial charge is 2.00 e. The number of imidazole rings is 1. The topological polar surface area (TPSA) is 49.7 Å². The molecule has 12 aromatic rings. The van der Waals surface area contributed by atoms with Crippen molar-refractivity contribution in [2.24, 2.45) is 0 Å². The molecule has 12 rings (SSSR count). The smallest absolute Gasteiger partial charge is 0.656 e. The van der Waals surface area contributed by atoms with Crippen LogP contribution in [0.3, 0.4) is 0 Å². The molecule has 332 valence electrons. The zero-order valence-electron chi connectivity index (χ0n) is 39.6. The summed E-state index contributed by atoms with van der Waals surface area (Å²) >= 11 is 0. The Labute approximate surface area is 409 Å². The zero-order chi connectivity index (χ0) is 48.1. The molecular formula is C59H40F3N5Pt. The number of aryl methyl sites for hydroxylation is 1. The summed E-state index contributed by atoms with van der Waals surface area (Å²) in [5, 5.41) is 3.21. The SMILES string of the molecule is [2H]C([2H])([2H])c1cc(-c2nc3c(-c4[c-]c5c(cc4)c4cc(-c6ccccc6)ccc4n5-c4cc(C(F)(F)F)ccn4)cccc3n2-c2ccccc2)c2[n-]c3cccc(C(C)(C)c4ccccc4)c3c2c1.[Pt+2]. The molecule has 0 aliphatic rings. The van der Waals surface area contributed by atoms with Crippen LogP contribution in [0.4, 0.5) is 13.2 Å². The summed E-state index contributed by atoms with van der Waals surface area (Å²) in [6.07, 6.45) is -3.40. The second kappa shape index (κ2) is 16.4. The van der Waals surface area contributed by atoms with Gasteiger partial charge < -0.3 is 9.55 Å². The van der Waals surface area contributed by atoms with Gasteiger partial charge in [-0.25, -0.2) is 9.97 Å². The molecule has 0 bridgehead atoms. The summed E-state index contributed by atoms with van der Waals surface area (Å²) in [7, 11) is 0. The van der Waals surface area contributed by atoms with Crippen molar-refractivity contribution >= 4 is 54.6 Å². The molecular weight excluding hydrogens is 1030 g/mol. The number of rotatable bonds is 7. The number of benzene rings is 8. The molecule has 4 heterocycles. The average molecular weight is 1070 g/mol. The summed E-state index contributed by atoms with van der Waals surface area (Å²) < 4.78 is 72.8. The number of aromatic nitrogens is 5. The molecule has 8 aromatic carbocycles. The number of para-hydroxylation sites is 2. The molecule has 4 aromatic heterocycles. The Balaban J connectivity index is 0.00000547. The Morgan fingerprint density at radius 1 is 0.618 bits per heavy atom. The quantitative estimate of drug-likeness (QED) is 0.149. The van der Waals surface area contributed by atoms with E-state index in [1.807, 2.05) is 138 Å². The molecule has 9 heteroatoms. The molecule has 0 spiro atoms. The van der Waals surface area contributed by atoms with Gasteiger partial charge in [-0.05, 0) is 98.8 Å². The van der Waals surface area contributed by atoms with Crippen LogP contribution in [-0.4, -0.2) is 19.1 Å². The Morgan fingerprint density at radius 2 is 1.37 bits per heavy atom. The first kappa shape index (κ1) is 39.6. The maximum Gasteiger partial charge on any atom is 2.00 e. The first-order chi connectivity index (χ1) is 33.7. The van der Waals surface area contributed by atoms with E-state index in [4.69, 9.17) is 14.1 Å². The molecule has 0 fully saturated rings. The van der Waals surface area contributed by atoms with Crippen LogP contribution < -0.4 is 4.98 Å². The summed E-state index contributed by atoms with van der Waals surface area (Å²) in [6.45, 7) is 1.88. The Bertz CT molecular complexity index is 4010. The number of halogens is 3. The van der Waals surface area contributed by atoms with Crippen molar-refractivity contribution in [2.75, 3.05) is 0 Å². The average Bonchev–Trinajstić information content (AvgIpc) is 4.06. The van der Waals surface area contributed by atoms with E-state index in [0.717, 1.165) is 72.7 Å². The second-order valence-electron chi connectivity index (χ2n) is 17.5. The maximum absolute atomic E-state index is 14.3. The van der Waals surface area contributed by atoms with Gasteiger partial charge in [0.1, 0.15) is 11.6 Å². The molecule has 0 amide bonds. The van der Waals surface area contributed by atoms with Crippen LogP contribution in [0.15, 0.2) is 188 Å². The van der Waals surface area contributed by atoms with Crippen LogP contribution in [0, 0.1) is 12.9 Å². The van der Waals surface area contributed by atoms with Crippen LogP contribution in [0.25, 0.3) is 99.8 Å². The van der Waals surface area contributed by atoms with Crippen LogP contribution in [0.2, 0.25) is 0 Å². The number of hydrogen-bond acceptors (Lipinski definition) is 2. The minimum absolute atomic E-state index is 0. The van der Waals surface area contributed by atoms with Crippen molar-refractivity contribution in [3.8, 4) is 45.1 Å². The first-order valence-corrected chi connectivity index (χ1v) is 22.0. The van der Waals surface area contributed by atoms with E-state index < -0.39 is 24.0 Å². The third kappa shape index (κ3) is 6.97. The number of alkyl halides is 3. The zero-order valence-corrected chi connectivity index (χ0v) is 38.9. The number of fused-ring (bicyclic) bond motifs is 7. The Hall–Kier alpha value is -7.54. The van der Waals surface area contributed by atoms with Gasteiger partial charge in [-0.3, -0.25) is 4.57 Å². The van der Waals surface area contributed by atoms with Gasteiger partial charge in [0.05, 0.1) is 16.6 Å². The molecule has 0 aliphatic carbocycles. The molecule has 0 atom stereocenters. The summed E-state index contributed by atoms with van der Waals surface area (Å²) in [5.74, 6) is 0.598. The van der Waals surface area contributed by atoms with Gasteiger partial charge in [0.2, 0.25) is 0 Å². The fourth-order valence-corrected chi connectivity index (χ4v) is 9.88. The summed E-state index contributed by atoms with van der Waals surface area (Å²) in [4.78, 5) is 15.2. The van der Waals surface area contributed by atoms with Crippen LogP contribution >= 0.6 is 0 Å². The van der Waals surface area contributed by atoms with Gasteiger partial charge in [-0.2, -0.15) is 13.2 Å². The Kier molecular flexibility index (Phi) is 9.53. The predicted octanol–water partition coefficient (Wildman–Crippen LogP) is 15.2. The van der Waals surface area contributed by atoms with E-state index in [1.165, 1.54) is 6.20 Å². The molecule has 0 aliphatic heterocycles. The standard InChI is InChI=1S/C59H40F3N5.Pt/c1-36-31-46-54-48(58(2,3)40-17-9-5-10-18-40)22-14-23-49(54)64-55(46)47(32-36)57-65-56-43(21-13-24-51(56)66(57)42-19-11-6-12-20-42)39-25-27-44-45-33-38(37-15-7-4-8-16-37)26-28-50(45)67(52(44)34-39)53-35-41(29-30-63-53)59(60,61)62;/h4-33,35H,1-3H3;/q-2;+2/i1D3;. The minimum atomic E-state index is -4.59. The van der Waals surface area contributed by atoms with Crippen molar-refractivity contribution in [3.63, 3.8) is 0 Å². The van der Waals surface area contributed by atoms with Gasteiger partial charge in [-0.1, -0.05) is 152 Å². The van der Waals surface area contributed by atoms with Crippen LogP contribution in [0.1, 0.15) is 40.2 Å². The van der Waals surface area contributed by atoms with Crippen molar-refractivity contribution in [1.29, 1.82) is 0 Å². The van der Waals surface area contributed by atoms with E-state index in [9.17, 15) is 13.2 Å². The minimum Gasteiger partial charge on any atom is -0.656 e. The molecule has 68 heavy (non-hydrogen) atoms. The molecule has 0 saturated heterocycles. The van der Waals surface area contributed by atoms with Gasteiger partial charge in [0.15, 0.2) is 0 Å². The van der Waals surface area contributed by atoms with Gasteiger partial charge in [0, 0.05) is 32.5 Å². The normalized spacial score (nSPS) is 13.0. The van der Waals surface area contributed by atoms with Crippen molar-refractivity contribution < 1.29 is 38.3 Å². The third-order valence-corrected chi connectivity index (χ3v) is 13.1. The Morgan fingerprint density at radius 3 is 2.13 bits per heavy atom. The van der Waals surface area contributed by atoms with Gasteiger partial charge in [0.25, 0.3) is 0 Å². The number of nitrogens with zero attached hydrogens (tertiary/aromatic N) is 5. The van der Waals surface area contributed by atoms with E-state index in [0.29, 0.717) is 44.6 Å². The third-order valence-electron chi connectivity index (χ3n) is 13.1. The fourth-order valence-electron chi connectivity index (χ4n) is 9.88. The monoisotopic (exact) mass is 1070 g/mol. The predicted molar refractivity (Wildman–Crippen MR) is 265 cm³/mol. The van der Waals surface area contributed by atoms with Crippen molar-refractivity contribution in [2.45, 2.75) is 32.3 Å². The number of pyridine rings is 1. The summed E-state index contributed by atoms with van der Waals surface area (Å²) in [6, 6.07) is 61.0. The second-order valence-corrected chi connectivity index (χ2v) is 17.5. The molecule has 0 saturated carbocycles.